The molecule has 0 spiro atoms. The third kappa shape index (κ3) is 2.73. The molecule has 1 aliphatic rings. The first-order valence-electron chi connectivity index (χ1n) is 6.73. The molecule has 2 rings (SSSR count). The second kappa shape index (κ2) is 5.21. The molecule has 1 aromatic rings. The zero-order valence-electron chi connectivity index (χ0n) is 12.0. The Bertz CT molecular complexity index is 485. The first-order chi connectivity index (χ1) is 8.90. The van der Waals surface area contributed by atoms with Crippen LogP contribution >= 0.6 is 0 Å². The summed E-state index contributed by atoms with van der Waals surface area (Å²) >= 11 is 0. The molecule has 1 amide bonds. The van der Waals surface area contributed by atoms with Crippen molar-refractivity contribution < 1.29 is 9.53 Å². The van der Waals surface area contributed by atoms with Gasteiger partial charge in [-0.2, -0.15) is 0 Å². The van der Waals surface area contributed by atoms with E-state index in [-0.39, 0.29) is 11.9 Å². The van der Waals surface area contributed by atoms with Crippen LogP contribution in [0.2, 0.25) is 0 Å². The van der Waals surface area contributed by atoms with Gasteiger partial charge in [0.25, 0.3) is 5.91 Å². The summed E-state index contributed by atoms with van der Waals surface area (Å²) in [6.07, 6.45) is 0.393. The van der Waals surface area contributed by atoms with E-state index in [2.05, 4.69) is 13.8 Å². The predicted molar refractivity (Wildman–Crippen MR) is 76.5 cm³/mol. The van der Waals surface area contributed by atoms with E-state index in [0.29, 0.717) is 5.92 Å². The van der Waals surface area contributed by atoms with E-state index in [4.69, 9.17) is 10.5 Å². The minimum atomic E-state index is -0.415. The number of nitrogens with two attached hydrogens (primary N) is 1. The monoisotopic (exact) mass is 262 g/mol. The number of likely N-dealkylation sites (N-methyl/N-ethyl adjacent to an activating group) is 1. The molecule has 19 heavy (non-hydrogen) atoms. The van der Waals surface area contributed by atoms with E-state index >= 15 is 0 Å². The van der Waals surface area contributed by atoms with Gasteiger partial charge < -0.3 is 15.4 Å². The number of anilines is 1. The van der Waals surface area contributed by atoms with Crippen molar-refractivity contribution in [3.8, 4) is 5.75 Å². The van der Waals surface area contributed by atoms with E-state index in [1.54, 1.807) is 18.9 Å². The molecule has 1 aromatic carbocycles. The highest BCUT2D eigenvalue weighted by atomic mass is 16.5. The highest BCUT2D eigenvalue weighted by Crippen LogP contribution is 2.34. The molecular weight excluding hydrogens is 240 g/mol. The predicted octanol–water partition coefficient (Wildman–Crippen LogP) is 1.96. The fraction of sp³-hybridized carbons (Fsp3) is 0.533. The molecular formula is C15H22N2O2. The van der Waals surface area contributed by atoms with Crippen molar-refractivity contribution in [2.45, 2.75) is 39.3 Å². The van der Waals surface area contributed by atoms with Crippen LogP contribution in [0.1, 0.15) is 26.3 Å². The molecule has 1 aliphatic heterocycles. The Hall–Kier alpha value is -1.55. The van der Waals surface area contributed by atoms with Crippen LogP contribution in [0.5, 0.6) is 5.75 Å². The van der Waals surface area contributed by atoms with Crippen LogP contribution < -0.4 is 15.4 Å². The van der Waals surface area contributed by atoms with Gasteiger partial charge in [0.05, 0.1) is 5.69 Å². The molecule has 104 valence electrons. The largest absolute Gasteiger partial charge is 0.479 e. The van der Waals surface area contributed by atoms with Crippen LogP contribution in [-0.4, -0.2) is 25.1 Å². The molecule has 0 saturated heterocycles. The van der Waals surface area contributed by atoms with E-state index in [0.717, 1.165) is 23.4 Å². The summed E-state index contributed by atoms with van der Waals surface area (Å²) in [7, 11) is 1.78. The van der Waals surface area contributed by atoms with E-state index in [1.807, 2.05) is 18.2 Å². The van der Waals surface area contributed by atoms with Crippen molar-refractivity contribution in [2.24, 2.45) is 11.7 Å². The van der Waals surface area contributed by atoms with Crippen molar-refractivity contribution in [1.82, 2.24) is 0 Å². The highest BCUT2D eigenvalue weighted by Gasteiger charge is 2.28. The van der Waals surface area contributed by atoms with Crippen LogP contribution in [0.15, 0.2) is 18.2 Å². The number of rotatable bonds is 3. The van der Waals surface area contributed by atoms with E-state index in [1.165, 1.54) is 0 Å². The Balaban J connectivity index is 2.26. The van der Waals surface area contributed by atoms with Crippen molar-refractivity contribution >= 4 is 11.6 Å². The van der Waals surface area contributed by atoms with Gasteiger partial charge in [-0.1, -0.05) is 19.9 Å². The maximum atomic E-state index is 11.9. The molecule has 2 N–H and O–H groups in total. The standard InChI is InChI=1S/C15H22N2O2/c1-9(2)12(16)7-11-5-6-14-13(8-11)17(4)15(18)10(3)19-14/h5-6,8-10,12H,7,16H2,1-4H3. The zero-order valence-corrected chi connectivity index (χ0v) is 12.0. The Kier molecular flexibility index (Phi) is 3.80. The van der Waals surface area contributed by atoms with Crippen LogP contribution in [0.3, 0.4) is 0 Å². The quantitative estimate of drug-likeness (QED) is 0.906. The molecule has 2 atom stereocenters. The van der Waals surface area contributed by atoms with Gasteiger partial charge >= 0.3 is 0 Å². The van der Waals surface area contributed by atoms with Gasteiger partial charge in [0.2, 0.25) is 0 Å². The number of hydrogen-bond donors (Lipinski definition) is 1. The average molecular weight is 262 g/mol. The normalized spacial score (nSPS) is 20.2. The molecule has 0 radical (unpaired) electrons. The van der Waals surface area contributed by atoms with Gasteiger partial charge in [-0.25, -0.2) is 0 Å². The first-order valence-corrected chi connectivity index (χ1v) is 6.73. The minimum absolute atomic E-state index is 0.0159. The summed E-state index contributed by atoms with van der Waals surface area (Å²) in [5.74, 6) is 1.18. The summed E-state index contributed by atoms with van der Waals surface area (Å²) in [6.45, 7) is 6.00. The molecule has 0 fully saturated rings. The fourth-order valence-electron chi connectivity index (χ4n) is 2.19. The molecule has 0 aromatic heterocycles. The number of carbonyl (C=O) groups is 1. The molecule has 2 unspecified atom stereocenters. The summed E-state index contributed by atoms with van der Waals surface area (Å²) in [4.78, 5) is 13.6. The Morgan fingerprint density at radius 1 is 1.42 bits per heavy atom. The van der Waals surface area contributed by atoms with Crippen molar-refractivity contribution in [1.29, 1.82) is 0 Å². The van der Waals surface area contributed by atoms with Crippen molar-refractivity contribution in [3.05, 3.63) is 23.8 Å². The smallest absolute Gasteiger partial charge is 0.267 e. The van der Waals surface area contributed by atoms with Crippen molar-refractivity contribution in [2.75, 3.05) is 11.9 Å². The number of ether oxygens (including phenoxy) is 1. The third-order valence-corrected chi connectivity index (χ3v) is 3.69. The van der Waals surface area contributed by atoms with Crippen molar-refractivity contribution in [3.63, 3.8) is 0 Å². The van der Waals surface area contributed by atoms with Gasteiger partial charge in [-0.05, 0) is 37.0 Å². The summed E-state index contributed by atoms with van der Waals surface area (Å²) in [5.41, 5.74) is 8.06. The van der Waals surface area contributed by atoms with Gasteiger partial charge in [0, 0.05) is 13.1 Å². The molecule has 1 heterocycles. The second-order valence-corrected chi connectivity index (χ2v) is 5.57. The molecule has 4 heteroatoms. The van der Waals surface area contributed by atoms with E-state index < -0.39 is 6.10 Å². The Morgan fingerprint density at radius 2 is 2.11 bits per heavy atom. The van der Waals surface area contributed by atoms with Gasteiger partial charge in [0.1, 0.15) is 5.75 Å². The lowest BCUT2D eigenvalue weighted by Gasteiger charge is -2.30. The maximum absolute atomic E-state index is 11.9. The molecule has 0 saturated carbocycles. The topological polar surface area (TPSA) is 55.6 Å². The lowest BCUT2D eigenvalue weighted by molar-refractivity contribution is -0.125. The lowest BCUT2D eigenvalue weighted by Crippen LogP contribution is -2.42. The molecule has 4 nitrogen and oxygen atoms in total. The van der Waals surface area contributed by atoms with Crippen LogP contribution in [0, 0.1) is 5.92 Å². The SMILES string of the molecule is CC1Oc2ccc(CC(N)C(C)C)cc2N(C)C1=O. The number of nitrogens with zero attached hydrogens (tertiary/aromatic N) is 1. The van der Waals surface area contributed by atoms with Gasteiger partial charge in [0.15, 0.2) is 6.10 Å². The Morgan fingerprint density at radius 3 is 2.74 bits per heavy atom. The van der Waals surface area contributed by atoms with Gasteiger partial charge in [-0.3, -0.25) is 4.79 Å². The highest BCUT2D eigenvalue weighted by molar-refractivity contribution is 5.99. The maximum Gasteiger partial charge on any atom is 0.267 e. The van der Waals surface area contributed by atoms with Gasteiger partial charge in [-0.15, -0.1) is 0 Å². The number of fused-ring (bicyclic) bond motifs is 1. The van der Waals surface area contributed by atoms with Crippen LogP contribution in [0.4, 0.5) is 5.69 Å². The Labute approximate surface area is 114 Å². The summed E-state index contributed by atoms with van der Waals surface area (Å²) in [5, 5.41) is 0. The first kappa shape index (κ1) is 13.9. The molecule has 0 aliphatic carbocycles. The van der Waals surface area contributed by atoms with Crippen LogP contribution in [0.25, 0.3) is 0 Å². The third-order valence-electron chi connectivity index (χ3n) is 3.69. The minimum Gasteiger partial charge on any atom is -0.479 e. The number of amides is 1. The summed E-state index contributed by atoms with van der Waals surface area (Å²) < 4.78 is 5.60. The van der Waals surface area contributed by atoms with E-state index in [9.17, 15) is 4.79 Å². The zero-order chi connectivity index (χ0) is 14.2. The summed E-state index contributed by atoms with van der Waals surface area (Å²) in [6, 6.07) is 6.08. The number of carbonyl (C=O) groups excluding carboxylic acids is 1. The molecule has 0 bridgehead atoms. The number of benzene rings is 1. The van der Waals surface area contributed by atoms with Crippen LogP contribution in [-0.2, 0) is 11.2 Å². The lowest BCUT2D eigenvalue weighted by atomic mass is 9.96. The number of hydrogen-bond acceptors (Lipinski definition) is 3. The fourth-order valence-corrected chi connectivity index (χ4v) is 2.19. The second-order valence-electron chi connectivity index (χ2n) is 5.57. The average Bonchev–Trinajstić information content (AvgIpc) is 2.37.